The minimum absolute atomic E-state index is 0.0636. The van der Waals surface area contributed by atoms with E-state index in [9.17, 15) is 18.0 Å². The third-order valence-electron chi connectivity index (χ3n) is 6.46. The van der Waals surface area contributed by atoms with E-state index in [4.69, 9.17) is 4.74 Å². The van der Waals surface area contributed by atoms with Crippen molar-refractivity contribution in [2.45, 2.75) is 36.6 Å². The van der Waals surface area contributed by atoms with Gasteiger partial charge in [0.15, 0.2) is 5.03 Å². The highest BCUT2D eigenvalue weighted by Gasteiger charge is 2.43. The van der Waals surface area contributed by atoms with E-state index in [1.807, 2.05) is 30.3 Å². The number of hydrogen-bond acceptors (Lipinski definition) is 5. The fourth-order valence-electron chi connectivity index (χ4n) is 4.60. The predicted octanol–water partition coefficient (Wildman–Crippen LogP) is 1.43. The molecule has 2 amide bonds. The monoisotopic (exact) mass is 486 g/mol. The number of carbonyl (C=O) groups is 2. The molecule has 9 nitrogen and oxygen atoms in total. The molecule has 10 heteroatoms. The predicted molar refractivity (Wildman–Crippen MR) is 126 cm³/mol. The summed E-state index contributed by atoms with van der Waals surface area (Å²) in [6.07, 6.45) is 2.43. The van der Waals surface area contributed by atoms with Crippen LogP contribution < -0.4 is 10.6 Å². The minimum Gasteiger partial charge on any atom is -0.354 e. The number of nitrogens with zero attached hydrogens (tertiary/aromatic N) is 2. The Morgan fingerprint density at radius 3 is 2.71 bits per heavy atom. The molecule has 4 rings (SSSR count). The van der Waals surface area contributed by atoms with E-state index in [1.54, 1.807) is 7.05 Å². The van der Waals surface area contributed by atoms with Gasteiger partial charge in [-0.25, -0.2) is 8.42 Å². The lowest BCUT2D eigenvalue weighted by molar-refractivity contribution is -0.120. The van der Waals surface area contributed by atoms with Gasteiger partial charge in [-0.05, 0) is 49.0 Å². The van der Waals surface area contributed by atoms with Crippen molar-refractivity contribution in [1.82, 2.24) is 19.5 Å². The average Bonchev–Trinajstić information content (AvgIpc) is 3.42. The first-order valence-electron chi connectivity index (χ1n) is 11.4. The Kier molecular flexibility index (Phi) is 7.20. The van der Waals surface area contributed by atoms with Crippen molar-refractivity contribution < 1.29 is 22.7 Å². The zero-order valence-corrected chi connectivity index (χ0v) is 20.0. The molecule has 0 saturated carbocycles. The first kappa shape index (κ1) is 24.2. The van der Waals surface area contributed by atoms with Gasteiger partial charge < -0.3 is 19.9 Å². The largest absolute Gasteiger partial charge is 0.354 e. The lowest BCUT2D eigenvalue weighted by atomic mass is 9.94. The first-order chi connectivity index (χ1) is 16.3. The highest BCUT2D eigenvalue weighted by atomic mass is 32.2. The molecule has 3 heterocycles. The smallest absolute Gasteiger partial charge is 0.267 e. The van der Waals surface area contributed by atoms with E-state index in [0.29, 0.717) is 32.4 Å². The lowest BCUT2D eigenvalue weighted by Crippen LogP contribution is -2.46. The van der Waals surface area contributed by atoms with E-state index >= 15 is 0 Å². The van der Waals surface area contributed by atoms with E-state index in [-0.39, 0.29) is 41.1 Å². The van der Waals surface area contributed by atoms with Gasteiger partial charge >= 0.3 is 0 Å². The molecule has 34 heavy (non-hydrogen) atoms. The van der Waals surface area contributed by atoms with Gasteiger partial charge in [-0.3, -0.25) is 9.59 Å². The summed E-state index contributed by atoms with van der Waals surface area (Å²) >= 11 is 0. The first-order valence-corrected chi connectivity index (χ1v) is 12.8. The number of piperidine rings is 1. The zero-order chi connectivity index (χ0) is 24.3. The number of ether oxygens (including phenoxy) is 1. The van der Waals surface area contributed by atoms with Gasteiger partial charge in [0.1, 0.15) is 11.9 Å². The molecular formula is C24H30N4O5S. The molecule has 3 unspecified atom stereocenters. The third kappa shape index (κ3) is 5.08. The molecule has 2 N–H and O–H groups in total. The number of nitrogens with one attached hydrogen (secondary N) is 2. The van der Waals surface area contributed by atoms with Crippen LogP contribution in [-0.2, 0) is 33.0 Å². The number of rotatable bonds is 8. The number of carbonyl (C=O) groups excluding carboxylic acids is 2. The molecule has 1 aromatic heterocycles. The SMILES string of the molecule is C=CC(=O)NC1CC2CCN(S(=O)(=O)c3ccc(C(=O)NCCc4ccccc4)n3C)CC2O1. The Hall–Kier alpha value is -2.95. The van der Waals surface area contributed by atoms with E-state index in [0.717, 1.165) is 5.56 Å². The van der Waals surface area contributed by atoms with Crippen LogP contribution in [0.15, 0.2) is 60.1 Å². The molecule has 2 aromatic rings. The van der Waals surface area contributed by atoms with Crippen molar-refractivity contribution in [2.75, 3.05) is 19.6 Å². The molecule has 3 atom stereocenters. The normalized spacial score (nSPS) is 22.7. The fraction of sp³-hybridized carbons (Fsp3) is 0.417. The van der Waals surface area contributed by atoms with Crippen LogP contribution in [0.4, 0.5) is 0 Å². The molecule has 2 aliphatic rings. The molecule has 2 fully saturated rings. The van der Waals surface area contributed by atoms with Crippen molar-refractivity contribution in [2.24, 2.45) is 13.0 Å². The van der Waals surface area contributed by atoms with Gasteiger partial charge in [0.05, 0.1) is 6.10 Å². The summed E-state index contributed by atoms with van der Waals surface area (Å²) in [5.74, 6) is -0.453. The Morgan fingerprint density at radius 1 is 1.21 bits per heavy atom. The molecule has 1 aromatic carbocycles. The quantitative estimate of drug-likeness (QED) is 0.549. The second-order valence-electron chi connectivity index (χ2n) is 8.63. The number of fused-ring (bicyclic) bond motifs is 1. The molecule has 0 aliphatic carbocycles. The summed E-state index contributed by atoms with van der Waals surface area (Å²) in [4.78, 5) is 24.2. The second kappa shape index (κ2) is 10.1. The van der Waals surface area contributed by atoms with Crippen LogP contribution in [0.1, 0.15) is 28.9 Å². The summed E-state index contributed by atoms with van der Waals surface area (Å²) in [7, 11) is -2.24. The number of hydrogen-bond donors (Lipinski definition) is 2. The van der Waals surface area contributed by atoms with Crippen LogP contribution in [0, 0.1) is 5.92 Å². The summed E-state index contributed by atoms with van der Waals surface area (Å²) in [5.41, 5.74) is 1.40. The maximum Gasteiger partial charge on any atom is 0.267 e. The van der Waals surface area contributed by atoms with E-state index < -0.39 is 16.3 Å². The van der Waals surface area contributed by atoms with Crippen molar-refractivity contribution in [3.8, 4) is 0 Å². The number of amides is 2. The van der Waals surface area contributed by atoms with Crippen LogP contribution >= 0.6 is 0 Å². The Morgan fingerprint density at radius 2 is 1.97 bits per heavy atom. The average molecular weight is 487 g/mol. The summed E-state index contributed by atoms with van der Waals surface area (Å²) in [6, 6.07) is 12.8. The standard InChI is InChI=1S/C24H30N4O5S/c1-3-21(29)26-22-15-18-12-14-28(16-20(18)33-22)34(31,32)23-10-9-19(27(23)2)24(30)25-13-11-17-7-5-4-6-8-17/h3-10,18,20,22H,1,11-16H2,2H3,(H,25,30)(H,26,29). The number of aromatic nitrogens is 1. The lowest BCUT2D eigenvalue weighted by Gasteiger charge is -2.33. The van der Waals surface area contributed by atoms with E-state index in [2.05, 4.69) is 17.2 Å². The molecular weight excluding hydrogens is 456 g/mol. The maximum absolute atomic E-state index is 13.4. The van der Waals surface area contributed by atoms with Crippen LogP contribution in [0.3, 0.4) is 0 Å². The van der Waals surface area contributed by atoms with Crippen molar-refractivity contribution in [1.29, 1.82) is 0 Å². The number of sulfonamides is 1. The molecule has 0 radical (unpaired) electrons. The van der Waals surface area contributed by atoms with Gasteiger partial charge in [-0.15, -0.1) is 0 Å². The molecule has 0 bridgehead atoms. The van der Waals surface area contributed by atoms with Gasteiger partial charge in [-0.1, -0.05) is 36.9 Å². The van der Waals surface area contributed by atoms with Crippen LogP contribution in [0.5, 0.6) is 0 Å². The minimum atomic E-state index is -3.82. The topological polar surface area (TPSA) is 110 Å². The van der Waals surface area contributed by atoms with Crippen LogP contribution in [0.25, 0.3) is 0 Å². The maximum atomic E-state index is 13.4. The van der Waals surface area contributed by atoms with Gasteiger partial charge in [-0.2, -0.15) is 4.31 Å². The van der Waals surface area contributed by atoms with Crippen molar-refractivity contribution in [3.05, 3.63) is 66.4 Å². The Bertz CT molecular complexity index is 1160. The summed E-state index contributed by atoms with van der Waals surface area (Å²) < 4.78 is 35.5. The van der Waals surface area contributed by atoms with Crippen LogP contribution in [0.2, 0.25) is 0 Å². The molecule has 0 spiro atoms. The summed E-state index contributed by atoms with van der Waals surface area (Å²) in [5, 5.41) is 5.65. The fourth-order valence-corrected chi connectivity index (χ4v) is 6.24. The van der Waals surface area contributed by atoms with Gasteiger partial charge in [0, 0.05) is 26.7 Å². The van der Waals surface area contributed by atoms with Crippen LogP contribution in [-0.4, -0.2) is 61.1 Å². The highest BCUT2D eigenvalue weighted by molar-refractivity contribution is 7.89. The Balaban J connectivity index is 1.39. The highest BCUT2D eigenvalue weighted by Crippen LogP contribution is 2.34. The Labute approximate surface area is 199 Å². The zero-order valence-electron chi connectivity index (χ0n) is 19.1. The van der Waals surface area contributed by atoms with Gasteiger partial charge in [0.2, 0.25) is 5.91 Å². The molecule has 182 valence electrons. The van der Waals surface area contributed by atoms with E-state index in [1.165, 1.54) is 27.1 Å². The molecule has 2 aliphatic heterocycles. The summed E-state index contributed by atoms with van der Waals surface area (Å²) in [6.45, 7) is 4.45. The van der Waals surface area contributed by atoms with Crippen molar-refractivity contribution >= 4 is 21.8 Å². The number of benzene rings is 1. The van der Waals surface area contributed by atoms with Gasteiger partial charge in [0.25, 0.3) is 15.9 Å². The van der Waals surface area contributed by atoms with Crippen molar-refractivity contribution in [3.63, 3.8) is 0 Å². The second-order valence-corrected chi connectivity index (χ2v) is 10.5. The molecule has 2 saturated heterocycles. The third-order valence-corrected chi connectivity index (χ3v) is 8.41.